The molecule has 2 fully saturated rings. The largest absolute Gasteiger partial charge is 0.493 e. The smallest absolute Gasteiger partial charge is 0.191 e. The molecular formula is C25H34N4O2. The van der Waals surface area contributed by atoms with Gasteiger partial charge in [0.25, 0.3) is 0 Å². The Hall–Kier alpha value is -2.73. The Labute approximate surface area is 185 Å². The molecule has 0 spiro atoms. The predicted molar refractivity (Wildman–Crippen MR) is 126 cm³/mol. The Bertz CT molecular complexity index is 872. The summed E-state index contributed by atoms with van der Waals surface area (Å²) in [5.74, 6) is 2.50. The number of hydrogen-bond donors (Lipinski definition) is 2. The molecule has 2 aromatic rings. The van der Waals surface area contributed by atoms with Crippen LogP contribution in [0.15, 0.2) is 47.5 Å². The van der Waals surface area contributed by atoms with Gasteiger partial charge in [-0.15, -0.1) is 0 Å². The van der Waals surface area contributed by atoms with Gasteiger partial charge in [-0.05, 0) is 55.0 Å². The minimum absolute atomic E-state index is 0.677. The highest BCUT2D eigenvalue weighted by atomic mass is 16.5. The Kier molecular flexibility index (Phi) is 7.30. The van der Waals surface area contributed by atoms with E-state index in [4.69, 9.17) is 9.47 Å². The molecule has 166 valence electrons. The topological polar surface area (TPSA) is 58.1 Å². The van der Waals surface area contributed by atoms with E-state index in [0.29, 0.717) is 6.54 Å². The average Bonchev–Trinajstić information content (AvgIpc) is 3.64. The first kappa shape index (κ1) is 21.5. The summed E-state index contributed by atoms with van der Waals surface area (Å²) in [6, 6.07) is 15.1. The number of nitrogens with zero attached hydrogens (tertiary/aromatic N) is 2. The third-order valence-corrected chi connectivity index (χ3v) is 5.84. The number of aryl methyl sites for hydroxylation is 1. The lowest BCUT2D eigenvalue weighted by atomic mass is 10.1. The summed E-state index contributed by atoms with van der Waals surface area (Å²) in [5, 5.41) is 6.83. The number of aliphatic imine (C=N–C) groups is 1. The lowest BCUT2D eigenvalue weighted by molar-refractivity contribution is 0.122. The first-order valence-electron chi connectivity index (χ1n) is 11.3. The van der Waals surface area contributed by atoms with Gasteiger partial charge in [0.2, 0.25) is 0 Å². The Morgan fingerprint density at radius 2 is 1.81 bits per heavy atom. The standard InChI is InChI=1S/C25H34N4O2/c1-19-3-8-22(24(15-19)31-18-21-4-5-21)17-28-25(26-2)27-16-20-6-9-23(10-7-20)29-11-13-30-14-12-29/h3,6-10,15,21H,4-5,11-14,16-18H2,1-2H3,(H2,26,27,28). The van der Waals surface area contributed by atoms with Crippen LogP contribution in [0.2, 0.25) is 0 Å². The molecular weight excluding hydrogens is 388 g/mol. The summed E-state index contributed by atoms with van der Waals surface area (Å²) < 4.78 is 11.5. The average molecular weight is 423 g/mol. The molecule has 6 nitrogen and oxygen atoms in total. The van der Waals surface area contributed by atoms with Crippen LogP contribution >= 0.6 is 0 Å². The zero-order chi connectivity index (χ0) is 21.5. The molecule has 6 heteroatoms. The normalized spacial score (nSPS) is 16.8. The van der Waals surface area contributed by atoms with Crippen molar-refractivity contribution in [2.75, 3.05) is 44.9 Å². The van der Waals surface area contributed by atoms with E-state index in [-0.39, 0.29) is 0 Å². The maximum Gasteiger partial charge on any atom is 0.191 e. The molecule has 2 aromatic carbocycles. The molecule has 0 amide bonds. The second kappa shape index (κ2) is 10.5. The van der Waals surface area contributed by atoms with E-state index < -0.39 is 0 Å². The van der Waals surface area contributed by atoms with Gasteiger partial charge in [0.05, 0.1) is 19.8 Å². The van der Waals surface area contributed by atoms with E-state index in [0.717, 1.165) is 62.6 Å². The van der Waals surface area contributed by atoms with Crippen LogP contribution in [0, 0.1) is 12.8 Å². The lowest BCUT2D eigenvalue weighted by Crippen LogP contribution is -2.36. The van der Waals surface area contributed by atoms with Gasteiger partial charge in [-0.3, -0.25) is 4.99 Å². The van der Waals surface area contributed by atoms with Crippen LogP contribution in [0.3, 0.4) is 0 Å². The Morgan fingerprint density at radius 3 is 2.52 bits per heavy atom. The molecule has 1 saturated heterocycles. The van der Waals surface area contributed by atoms with Crippen LogP contribution in [0.25, 0.3) is 0 Å². The predicted octanol–water partition coefficient (Wildman–Crippen LogP) is 3.49. The van der Waals surface area contributed by atoms with Crippen LogP contribution in [0.4, 0.5) is 5.69 Å². The van der Waals surface area contributed by atoms with Crippen molar-refractivity contribution >= 4 is 11.6 Å². The number of anilines is 1. The van der Waals surface area contributed by atoms with Crippen molar-refractivity contribution in [3.8, 4) is 5.75 Å². The van der Waals surface area contributed by atoms with E-state index in [1.54, 1.807) is 7.05 Å². The number of guanidine groups is 1. The minimum atomic E-state index is 0.677. The molecule has 2 aliphatic rings. The second-order valence-electron chi connectivity index (χ2n) is 8.41. The van der Waals surface area contributed by atoms with Gasteiger partial charge in [0.1, 0.15) is 5.75 Å². The zero-order valence-corrected chi connectivity index (χ0v) is 18.7. The summed E-state index contributed by atoms with van der Waals surface area (Å²) in [4.78, 5) is 6.74. The highest BCUT2D eigenvalue weighted by Crippen LogP contribution is 2.30. The van der Waals surface area contributed by atoms with Crippen molar-refractivity contribution in [2.45, 2.75) is 32.9 Å². The quantitative estimate of drug-likeness (QED) is 0.504. The SMILES string of the molecule is CN=C(NCc1ccc(N2CCOCC2)cc1)NCc1ccc(C)cc1OCC1CC1. The highest BCUT2D eigenvalue weighted by Gasteiger charge is 2.22. The lowest BCUT2D eigenvalue weighted by Gasteiger charge is -2.28. The van der Waals surface area contributed by atoms with Crippen molar-refractivity contribution < 1.29 is 9.47 Å². The molecule has 31 heavy (non-hydrogen) atoms. The van der Waals surface area contributed by atoms with E-state index in [1.165, 1.54) is 29.7 Å². The van der Waals surface area contributed by atoms with Gasteiger partial charge >= 0.3 is 0 Å². The number of morpholine rings is 1. The maximum atomic E-state index is 6.09. The van der Waals surface area contributed by atoms with Crippen molar-refractivity contribution in [3.05, 3.63) is 59.2 Å². The van der Waals surface area contributed by atoms with Gasteiger partial charge < -0.3 is 25.0 Å². The molecule has 0 bridgehead atoms. The van der Waals surface area contributed by atoms with Crippen molar-refractivity contribution in [3.63, 3.8) is 0 Å². The van der Waals surface area contributed by atoms with Gasteiger partial charge in [0, 0.05) is 44.5 Å². The molecule has 4 rings (SSSR count). The number of hydrogen-bond acceptors (Lipinski definition) is 4. The third-order valence-electron chi connectivity index (χ3n) is 5.84. The number of ether oxygens (including phenoxy) is 2. The highest BCUT2D eigenvalue weighted by molar-refractivity contribution is 5.79. The monoisotopic (exact) mass is 422 g/mol. The van der Waals surface area contributed by atoms with E-state index >= 15 is 0 Å². The summed E-state index contributed by atoms with van der Waals surface area (Å²) in [6.07, 6.45) is 2.59. The number of nitrogens with one attached hydrogen (secondary N) is 2. The third kappa shape index (κ3) is 6.37. The van der Waals surface area contributed by atoms with Crippen molar-refractivity contribution in [1.29, 1.82) is 0 Å². The van der Waals surface area contributed by atoms with Crippen molar-refractivity contribution in [1.82, 2.24) is 10.6 Å². The van der Waals surface area contributed by atoms with Crippen LogP contribution in [-0.2, 0) is 17.8 Å². The fraction of sp³-hybridized carbons (Fsp3) is 0.480. The van der Waals surface area contributed by atoms with Gasteiger partial charge in [-0.1, -0.05) is 24.3 Å². The van der Waals surface area contributed by atoms with Crippen LogP contribution in [0.5, 0.6) is 5.75 Å². The first-order valence-corrected chi connectivity index (χ1v) is 11.3. The van der Waals surface area contributed by atoms with Gasteiger partial charge in [0.15, 0.2) is 5.96 Å². The molecule has 0 unspecified atom stereocenters. The summed E-state index contributed by atoms with van der Waals surface area (Å²) in [7, 11) is 1.80. The fourth-order valence-electron chi connectivity index (χ4n) is 3.67. The summed E-state index contributed by atoms with van der Waals surface area (Å²) in [5.41, 5.74) is 4.86. The Balaban J connectivity index is 1.28. The molecule has 1 saturated carbocycles. The molecule has 2 N–H and O–H groups in total. The maximum absolute atomic E-state index is 6.09. The molecule has 0 aromatic heterocycles. The molecule has 1 aliphatic heterocycles. The van der Waals surface area contributed by atoms with Crippen LogP contribution < -0.4 is 20.3 Å². The fourth-order valence-corrected chi connectivity index (χ4v) is 3.67. The second-order valence-corrected chi connectivity index (χ2v) is 8.41. The summed E-state index contributed by atoms with van der Waals surface area (Å²) >= 11 is 0. The van der Waals surface area contributed by atoms with E-state index in [1.807, 2.05) is 0 Å². The molecule has 0 radical (unpaired) electrons. The van der Waals surface area contributed by atoms with Crippen LogP contribution in [0.1, 0.15) is 29.5 Å². The number of benzene rings is 2. The Morgan fingerprint density at radius 1 is 1.06 bits per heavy atom. The molecule has 0 atom stereocenters. The minimum Gasteiger partial charge on any atom is -0.493 e. The molecule has 1 heterocycles. The van der Waals surface area contributed by atoms with E-state index in [2.05, 4.69) is 69.9 Å². The number of rotatable bonds is 8. The van der Waals surface area contributed by atoms with Crippen molar-refractivity contribution in [2.24, 2.45) is 10.9 Å². The van der Waals surface area contributed by atoms with E-state index in [9.17, 15) is 0 Å². The first-order chi connectivity index (χ1) is 15.2. The van der Waals surface area contributed by atoms with Gasteiger partial charge in [-0.2, -0.15) is 0 Å². The summed E-state index contributed by atoms with van der Waals surface area (Å²) in [6.45, 7) is 7.85. The van der Waals surface area contributed by atoms with Crippen LogP contribution in [-0.4, -0.2) is 45.9 Å². The van der Waals surface area contributed by atoms with Gasteiger partial charge in [-0.25, -0.2) is 0 Å². The molecule has 1 aliphatic carbocycles. The zero-order valence-electron chi connectivity index (χ0n) is 18.7.